The van der Waals surface area contributed by atoms with Gasteiger partial charge in [0, 0.05) is 21.6 Å². The van der Waals surface area contributed by atoms with E-state index in [2.05, 4.69) is 25.9 Å². The molecule has 0 saturated carbocycles. The monoisotopic (exact) mass is 306 g/mol. The molecule has 0 fully saturated rings. The molecule has 0 radical (unpaired) electrons. The summed E-state index contributed by atoms with van der Waals surface area (Å²) in [6, 6.07) is 5.67. The Hall–Kier alpha value is -2.08. The standard InChI is InChI=1S/C12H7BrN2O3/c13-8-3-1-2-6-7(4-14-9(6)8)11-10(12(16)17)15-5-18-11/h1-5,14H,(H,16,17). The third kappa shape index (κ3) is 1.53. The number of para-hydroxylation sites is 1. The highest BCUT2D eigenvalue weighted by atomic mass is 79.9. The number of benzene rings is 1. The Morgan fingerprint density at radius 2 is 2.28 bits per heavy atom. The first kappa shape index (κ1) is 11.0. The zero-order valence-electron chi connectivity index (χ0n) is 8.98. The van der Waals surface area contributed by atoms with Crippen molar-refractivity contribution in [1.29, 1.82) is 0 Å². The fourth-order valence-electron chi connectivity index (χ4n) is 1.89. The van der Waals surface area contributed by atoms with Crippen LogP contribution in [0.25, 0.3) is 22.2 Å². The molecule has 3 aromatic rings. The molecule has 3 rings (SSSR count). The number of oxazole rings is 1. The summed E-state index contributed by atoms with van der Waals surface area (Å²) in [4.78, 5) is 17.8. The Labute approximate surface area is 110 Å². The van der Waals surface area contributed by atoms with Crippen molar-refractivity contribution in [2.24, 2.45) is 0 Å². The van der Waals surface area contributed by atoms with Gasteiger partial charge in [0.15, 0.2) is 17.8 Å². The molecule has 2 heterocycles. The predicted octanol–water partition coefficient (Wildman–Crippen LogP) is 3.28. The number of aromatic carboxylic acids is 1. The summed E-state index contributed by atoms with van der Waals surface area (Å²) >= 11 is 3.43. The van der Waals surface area contributed by atoms with Crippen LogP contribution in [-0.4, -0.2) is 21.0 Å². The van der Waals surface area contributed by atoms with Crippen LogP contribution in [0, 0.1) is 0 Å². The minimum absolute atomic E-state index is 0.0872. The molecule has 0 spiro atoms. The van der Waals surface area contributed by atoms with Gasteiger partial charge in [-0.25, -0.2) is 9.78 Å². The topological polar surface area (TPSA) is 79.1 Å². The Morgan fingerprint density at radius 1 is 1.44 bits per heavy atom. The number of fused-ring (bicyclic) bond motifs is 1. The predicted molar refractivity (Wildman–Crippen MR) is 68.5 cm³/mol. The number of carboxylic acid groups (broad SMARTS) is 1. The molecule has 2 aromatic heterocycles. The Bertz CT molecular complexity index is 745. The number of nitrogens with one attached hydrogen (secondary N) is 1. The number of hydrogen-bond acceptors (Lipinski definition) is 3. The third-order valence-corrected chi connectivity index (χ3v) is 3.34. The molecule has 1 aromatic carbocycles. The van der Waals surface area contributed by atoms with Crippen molar-refractivity contribution < 1.29 is 14.3 Å². The lowest BCUT2D eigenvalue weighted by atomic mass is 10.1. The summed E-state index contributed by atoms with van der Waals surface area (Å²) in [6.45, 7) is 0. The average Bonchev–Trinajstić information content (AvgIpc) is 2.94. The first-order valence-electron chi connectivity index (χ1n) is 5.11. The van der Waals surface area contributed by atoms with Gasteiger partial charge in [-0.2, -0.15) is 0 Å². The van der Waals surface area contributed by atoms with Gasteiger partial charge < -0.3 is 14.5 Å². The van der Waals surface area contributed by atoms with Gasteiger partial charge in [0.05, 0.1) is 5.52 Å². The van der Waals surface area contributed by atoms with Crippen LogP contribution in [0.1, 0.15) is 10.5 Å². The average molecular weight is 307 g/mol. The quantitative estimate of drug-likeness (QED) is 0.761. The molecule has 5 nitrogen and oxygen atoms in total. The zero-order valence-corrected chi connectivity index (χ0v) is 10.6. The van der Waals surface area contributed by atoms with Crippen molar-refractivity contribution >= 4 is 32.8 Å². The first-order valence-corrected chi connectivity index (χ1v) is 5.90. The summed E-state index contributed by atoms with van der Waals surface area (Å²) in [5, 5.41) is 9.92. The lowest BCUT2D eigenvalue weighted by Crippen LogP contribution is -1.98. The molecule has 90 valence electrons. The smallest absolute Gasteiger partial charge is 0.358 e. The summed E-state index contributed by atoms with van der Waals surface area (Å²) in [5.41, 5.74) is 1.48. The van der Waals surface area contributed by atoms with Crippen LogP contribution >= 0.6 is 15.9 Å². The van der Waals surface area contributed by atoms with Gasteiger partial charge in [-0.05, 0) is 22.0 Å². The lowest BCUT2D eigenvalue weighted by Gasteiger charge is -1.97. The Balaban J connectivity index is 2.29. The molecule has 0 saturated heterocycles. The maximum atomic E-state index is 11.0. The molecule has 0 amide bonds. The van der Waals surface area contributed by atoms with Crippen LogP contribution < -0.4 is 0 Å². The lowest BCUT2D eigenvalue weighted by molar-refractivity contribution is 0.0691. The molecule has 0 aliphatic heterocycles. The van der Waals surface area contributed by atoms with Crippen molar-refractivity contribution in [3.05, 3.63) is 41.0 Å². The van der Waals surface area contributed by atoms with Crippen molar-refractivity contribution in [2.75, 3.05) is 0 Å². The maximum absolute atomic E-state index is 11.0. The highest BCUT2D eigenvalue weighted by molar-refractivity contribution is 9.10. The molecule has 2 N–H and O–H groups in total. The molecule has 0 aliphatic carbocycles. The highest BCUT2D eigenvalue weighted by Gasteiger charge is 2.20. The molecular formula is C12H7BrN2O3. The second kappa shape index (κ2) is 3.99. The summed E-state index contributed by atoms with van der Waals surface area (Å²) < 4.78 is 6.10. The van der Waals surface area contributed by atoms with Gasteiger partial charge in [0.2, 0.25) is 0 Å². The minimum Gasteiger partial charge on any atom is -0.476 e. The van der Waals surface area contributed by atoms with E-state index in [1.54, 1.807) is 6.20 Å². The normalized spacial score (nSPS) is 10.9. The van der Waals surface area contributed by atoms with Crippen molar-refractivity contribution in [3.8, 4) is 11.3 Å². The number of rotatable bonds is 2. The van der Waals surface area contributed by atoms with Crippen LogP contribution in [0.4, 0.5) is 0 Å². The Kier molecular flexibility index (Phi) is 2.45. The van der Waals surface area contributed by atoms with Crippen LogP contribution in [0.15, 0.2) is 39.7 Å². The molecule has 18 heavy (non-hydrogen) atoms. The third-order valence-electron chi connectivity index (χ3n) is 2.68. The van der Waals surface area contributed by atoms with Crippen LogP contribution in [0.3, 0.4) is 0 Å². The number of H-pyrrole nitrogens is 1. The Morgan fingerprint density at radius 3 is 3.06 bits per heavy atom. The number of nitrogens with zero attached hydrogens (tertiary/aromatic N) is 1. The van der Waals surface area contributed by atoms with E-state index in [1.165, 1.54) is 0 Å². The van der Waals surface area contributed by atoms with Crippen molar-refractivity contribution in [2.45, 2.75) is 0 Å². The molecule has 0 unspecified atom stereocenters. The van der Waals surface area contributed by atoms with E-state index < -0.39 is 5.97 Å². The molecule has 6 heteroatoms. The van der Waals surface area contributed by atoms with Gasteiger partial charge in [-0.15, -0.1) is 0 Å². The van der Waals surface area contributed by atoms with E-state index in [1.807, 2.05) is 18.2 Å². The van der Waals surface area contributed by atoms with E-state index in [0.29, 0.717) is 5.56 Å². The summed E-state index contributed by atoms with van der Waals surface area (Å²) in [7, 11) is 0. The SMILES string of the molecule is O=C(O)c1ncoc1-c1c[nH]c2c(Br)cccc12. The molecule has 0 aliphatic rings. The number of halogens is 1. The molecular weight excluding hydrogens is 300 g/mol. The van der Waals surface area contributed by atoms with Gasteiger partial charge in [-0.1, -0.05) is 12.1 Å². The summed E-state index contributed by atoms with van der Waals surface area (Å²) in [6.07, 6.45) is 2.85. The fraction of sp³-hybridized carbons (Fsp3) is 0. The van der Waals surface area contributed by atoms with Gasteiger partial charge >= 0.3 is 5.97 Å². The fourth-order valence-corrected chi connectivity index (χ4v) is 2.38. The van der Waals surface area contributed by atoms with Crippen LogP contribution in [0.5, 0.6) is 0 Å². The van der Waals surface area contributed by atoms with E-state index in [4.69, 9.17) is 9.52 Å². The first-order chi connectivity index (χ1) is 8.68. The largest absolute Gasteiger partial charge is 0.476 e. The number of carboxylic acids is 1. The van der Waals surface area contributed by atoms with Gasteiger partial charge in [0.1, 0.15) is 0 Å². The summed E-state index contributed by atoms with van der Waals surface area (Å²) in [5.74, 6) is -0.852. The van der Waals surface area contributed by atoms with Crippen LogP contribution in [-0.2, 0) is 0 Å². The number of carbonyl (C=O) groups is 1. The number of aromatic nitrogens is 2. The number of aromatic amines is 1. The second-order valence-electron chi connectivity index (χ2n) is 3.70. The molecule has 0 bridgehead atoms. The number of hydrogen-bond donors (Lipinski definition) is 2. The highest BCUT2D eigenvalue weighted by Crippen LogP contribution is 2.33. The second-order valence-corrected chi connectivity index (χ2v) is 4.55. The maximum Gasteiger partial charge on any atom is 0.358 e. The molecule has 0 atom stereocenters. The van der Waals surface area contributed by atoms with Gasteiger partial charge in [-0.3, -0.25) is 0 Å². The van der Waals surface area contributed by atoms with Crippen molar-refractivity contribution in [3.63, 3.8) is 0 Å². The minimum atomic E-state index is -1.11. The van der Waals surface area contributed by atoms with Crippen LogP contribution in [0.2, 0.25) is 0 Å². The van der Waals surface area contributed by atoms with E-state index in [-0.39, 0.29) is 11.5 Å². The van der Waals surface area contributed by atoms with E-state index in [0.717, 1.165) is 21.8 Å². The van der Waals surface area contributed by atoms with E-state index >= 15 is 0 Å². The van der Waals surface area contributed by atoms with Gasteiger partial charge in [0.25, 0.3) is 0 Å². The van der Waals surface area contributed by atoms with Crippen molar-refractivity contribution in [1.82, 2.24) is 9.97 Å². The van der Waals surface area contributed by atoms with E-state index in [9.17, 15) is 4.79 Å². The zero-order chi connectivity index (χ0) is 12.7.